The molecule has 0 fully saturated rings. The zero-order chi connectivity index (χ0) is 21.2. The third-order valence-electron chi connectivity index (χ3n) is 4.80. The fourth-order valence-electron chi connectivity index (χ4n) is 3.25. The molecule has 2 aromatic rings. The van der Waals surface area contributed by atoms with Gasteiger partial charge in [0.05, 0.1) is 18.0 Å². The molecule has 0 bridgehead atoms. The molecular weight excluding hydrogens is 392 g/mol. The van der Waals surface area contributed by atoms with Gasteiger partial charge >= 0.3 is 0 Å². The van der Waals surface area contributed by atoms with Gasteiger partial charge in [-0.3, -0.25) is 9.10 Å². The summed E-state index contributed by atoms with van der Waals surface area (Å²) in [5.41, 5.74) is 2.30. The van der Waals surface area contributed by atoms with Crippen molar-refractivity contribution in [1.82, 2.24) is 5.32 Å². The van der Waals surface area contributed by atoms with Crippen LogP contribution in [0, 0.1) is 6.92 Å². The van der Waals surface area contributed by atoms with E-state index < -0.39 is 22.0 Å². The van der Waals surface area contributed by atoms with Crippen LogP contribution >= 0.6 is 0 Å². The number of nitrogens with zero attached hydrogens (tertiary/aromatic N) is 1. The minimum absolute atomic E-state index is 0.333. The second-order valence-corrected chi connectivity index (χ2v) is 9.06. The second-order valence-electron chi connectivity index (χ2n) is 7.20. The van der Waals surface area contributed by atoms with Gasteiger partial charge < -0.3 is 14.8 Å². The van der Waals surface area contributed by atoms with Crippen LogP contribution in [0.25, 0.3) is 0 Å². The van der Waals surface area contributed by atoms with Crippen LogP contribution in [0.3, 0.4) is 0 Å². The van der Waals surface area contributed by atoms with E-state index in [2.05, 4.69) is 5.32 Å². The van der Waals surface area contributed by atoms with Crippen molar-refractivity contribution in [2.24, 2.45) is 0 Å². The minimum atomic E-state index is -3.65. The van der Waals surface area contributed by atoms with E-state index in [0.29, 0.717) is 30.4 Å². The van der Waals surface area contributed by atoms with Gasteiger partial charge in [0, 0.05) is 0 Å². The number of ether oxygens (including phenoxy) is 2. The topological polar surface area (TPSA) is 84.9 Å². The van der Waals surface area contributed by atoms with Gasteiger partial charge in [0.1, 0.15) is 19.3 Å². The van der Waals surface area contributed by atoms with Crippen LogP contribution in [0.1, 0.15) is 31.0 Å². The quantitative estimate of drug-likeness (QED) is 0.780. The molecule has 0 aliphatic carbocycles. The number of rotatable bonds is 6. The van der Waals surface area contributed by atoms with Gasteiger partial charge in [-0.25, -0.2) is 8.42 Å². The lowest BCUT2D eigenvalue weighted by molar-refractivity contribution is -0.122. The summed E-state index contributed by atoms with van der Waals surface area (Å²) in [7, 11) is -3.65. The monoisotopic (exact) mass is 418 g/mol. The van der Waals surface area contributed by atoms with Crippen LogP contribution in [0.2, 0.25) is 0 Å². The molecule has 1 amide bonds. The molecule has 0 spiro atoms. The number of aryl methyl sites for hydroxylation is 1. The fraction of sp³-hybridized carbons (Fsp3) is 0.381. The first-order chi connectivity index (χ1) is 13.7. The smallest absolute Gasteiger partial charge is 0.244 e. The van der Waals surface area contributed by atoms with E-state index in [1.165, 1.54) is 0 Å². The van der Waals surface area contributed by atoms with E-state index in [1.807, 2.05) is 44.2 Å². The molecule has 0 saturated heterocycles. The number of hydrogen-bond acceptors (Lipinski definition) is 5. The molecule has 0 aromatic heterocycles. The third kappa shape index (κ3) is 4.82. The predicted octanol–water partition coefficient (Wildman–Crippen LogP) is 2.80. The molecule has 1 aliphatic rings. The SMILES string of the molecule is Cc1ccc(N(C(C)C(=O)NC(C)c2ccc3c(c2)OCCO3)S(C)(=O)=O)cc1. The van der Waals surface area contributed by atoms with Crippen molar-refractivity contribution in [3.63, 3.8) is 0 Å². The molecule has 1 heterocycles. The Labute approximate surface area is 171 Å². The molecule has 29 heavy (non-hydrogen) atoms. The van der Waals surface area contributed by atoms with Gasteiger partial charge in [0.2, 0.25) is 15.9 Å². The van der Waals surface area contributed by atoms with Gasteiger partial charge in [0.25, 0.3) is 0 Å². The number of benzene rings is 2. The molecular formula is C21H26N2O5S. The molecule has 1 N–H and O–H groups in total. The maximum atomic E-state index is 12.9. The molecule has 2 atom stereocenters. The van der Waals surface area contributed by atoms with E-state index in [0.717, 1.165) is 21.7 Å². The van der Waals surface area contributed by atoms with E-state index in [9.17, 15) is 13.2 Å². The second kappa shape index (κ2) is 8.32. The van der Waals surface area contributed by atoms with Crippen LogP contribution in [0.4, 0.5) is 5.69 Å². The van der Waals surface area contributed by atoms with Crippen molar-refractivity contribution in [2.75, 3.05) is 23.8 Å². The first-order valence-corrected chi connectivity index (χ1v) is 11.3. The number of sulfonamides is 1. The fourth-order valence-corrected chi connectivity index (χ4v) is 4.42. The number of carbonyl (C=O) groups excluding carboxylic acids is 1. The molecule has 3 rings (SSSR count). The normalized spacial score (nSPS) is 15.3. The van der Waals surface area contributed by atoms with Crippen molar-refractivity contribution in [2.45, 2.75) is 32.9 Å². The summed E-state index contributed by atoms with van der Waals surface area (Å²) in [6, 6.07) is 11.3. The summed E-state index contributed by atoms with van der Waals surface area (Å²) in [5, 5.41) is 2.90. The summed E-state index contributed by atoms with van der Waals surface area (Å²) < 4.78 is 37.0. The van der Waals surface area contributed by atoms with Crippen LogP contribution in [-0.2, 0) is 14.8 Å². The largest absolute Gasteiger partial charge is 0.486 e. The summed E-state index contributed by atoms with van der Waals surface area (Å²) >= 11 is 0. The Morgan fingerprint density at radius 3 is 2.28 bits per heavy atom. The molecule has 0 saturated carbocycles. The van der Waals surface area contributed by atoms with Crippen molar-refractivity contribution in [3.05, 3.63) is 53.6 Å². The molecule has 7 nitrogen and oxygen atoms in total. The van der Waals surface area contributed by atoms with Gasteiger partial charge in [-0.2, -0.15) is 0 Å². The van der Waals surface area contributed by atoms with Gasteiger partial charge in [0.15, 0.2) is 11.5 Å². The summed E-state index contributed by atoms with van der Waals surface area (Å²) in [4.78, 5) is 12.9. The van der Waals surface area contributed by atoms with Gasteiger partial charge in [-0.15, -0.1) is 0 Å². The Balaban J connectivity index is 1.78. The number of hydrogen-bond donors (Lipinski definition) is 1. The molecule has 2 aromatic carbocycles. The molecule has 1 aliphatic heterocycles. The van der Waals surface area contributed by atoms with Crippen LogP contribution in [0.5, 0.6) is 11.5 Å². The Hall–Kier alpha value is -2.74. The lowest BCUT2D eigenvalue weighted by atomic mass is 10.1. The average molecular weight is 419 g/mol. The van der Waals surface area contributed by atoms with Gasteiger partial charge in [-0.05, 0) is 50.6 Å². The standard InChI is InChI=1S/C21H26N2O5S/c1-14-5-8-18(9-6-14)23(29(4,25)26)16(3)21(24)22-15(2)17-7-10-19-20(13-17)28-12-11-27-19/h5-10,13,15-16H,11-12H2,1-4H3,(H,22,24). The highest BCUT2D eigenvalue weighted by Crippen LogP contribution is 2.32. The first-order valence-electron chi connectivity index (χ1n) is 9.43. The van der Waals surface area contributed by atoms with Crippen LogP contribution in [0.15, 0.2) is 42.5 Å². The predicted molar refractivity (Wildman–Crippen MR) is 112 cm³/mol. The number of anilines is 1. The highest BCUT2D eigenvalue weighted by molar-refractivity contribution is 7.92. The highest BCUT2D eigenvalue weighted by Gasteiger charge is 2.30. The Kier molecular flexibility index (Phi) is 6.02. The van der Waals surface area contributed by atoms with E-state index in [1.54, 1.807) is 19.1 Å². The molecule has 2 unspecified atom stereocenters. The lowest BCUT2D eigenvalue weighted by Gasteiger charge is -2.29. The summed E-state index contributed by atoms with van der Waals surface area (Å²) in [6.07, 6.45) is 1.10. The Bertz CT molecular complexity index is 989. The van der Waals surface area contributed by atoms with E-state index in [4.69, 9.17) is 9.47 Å². The number of amides is 1. The molecule has 8 heteroatoms. The van der Waals surface area contributed by atoms with Crippen LogP contribution in [-0.4, -0.2) is 39.8 Å². The molecule has 156 valence electrons. The van der Waals surface area contributed by atoms with Crippen molar-refractivity contribution in [1.29, 1.82) is 0 Å². The number of fused-ring (bicyclic) bond motifs is 1. The first kappa shape index (κ1) is 21.0. The average Bonchev–Trinajstić information content (AvgIpc) is 2.68. The maximum absolute atomic E-state index is 12.9. The van der Waals surface area contributed by atoms with Gasteiger partial charge in [-0.1, -0.05) is 23.8 Å². The molecule has 0 radical (unpaired) electrons. The minimum Gasteiger partial charge on any atom is -0.486 e. The van der Waals surface area contributed by atoms with E-state index in [-0.39, 0.29) is 6.04 Å². The number of carbonyl (C=O) groups is 1. The van der Waals surface area contributed by atoms with E-state index >= 15 is 0 Å². The third-order valence-corrected chi connectivity index (χ3v) is 6.04. The highest BCUT2D eigenvalue weighted by atomic mass is 32.2. The van der Waals surface area contributed by atoms with Crippen LogP contribution < -0.4 is 19.1 Å². The summed E-state index contributed by atoms with van der Waals surface area (Å²) in [5.74, 6) is 0.924. The summed E-state index contributed by atoms with van der Waals surface area (Å²) in [6.45, 7) is 6.32. The Morgan fingerprint density at radius 1 is 1.03 bits per heavy atom. The number of nitrogens with one attached hydrogen (secondary N) is 1. The van der Waals surface area contributed by atoms with Crippen molar-refractivity contribution >= 4 is 21.6 Å². The van der Waals surface area contributed by atoms with Crippen molar-refractivity contribution < 1.29 is 22.7 Å². The zero-order valence-corrected chi connectivity index (χ0v) is 17.8. The Morgan fingerprint density at radius 2 is 1.66 bits per heavy atom. The zero-order valence-electron chi connectivity index (χ0n) is 17.0. The maximum Gasteiger partial charge on any atom is 0.244 e. The lowest BCUT2D eigenvalue weighted by Crippen LogP contribution is -2.48. The van der Waals surface area contributed by atoms with Crippen molar-refractivity contribution in [3.8, 4) is 11.5 Å².